The van der Waals surface area contributed by atoms with Crippen LogP contribution >= 0.6 is 0 Å². The minimum atomic E-state index is -0.643. The van der Waals surface area contributed by atoms with Crippen LogP contribution in [-0.4, -0.2) is 28.3 Å². The van der Waals surface area contributed by atoms with Gasteiger partial charge in [0, 0.05) is 50.8 Å². The van der Waals surface area contributed by atoms with E-state index in [4.69, 9.17) is 4.12 Å². The molecule has 0 N–H and O–H groups in total. The summed E-state index contributed by atoms with van der Waals surface area (Å²) in [7, 11) is 0.0741. The fourth-order valence-corrected chi connectivity index (χ4v) is 4.63. The van der Waals surface area contributed by atoms with Crippen LogP contribution in [0.25, 0.3) is 0 Å². The first-order chi connectivity index (χ1) is 5.68. The topological polar surface area (TPSA) is 9.23 Å². The average molecular weight is 378 g/mol. The van der Waals surface area contributed by atoms with Crippen LogP contribution in [-0.2, 0) is 4.12 Å². The molecule has 0 aromatic rings. The average Bonchev–Trinajstić information content (AvgIpc) is 2.05. The van der Waals surface area contributed by atoms with Gasteiger partial charge in [-0.1, -0.05) is 40.7 Å². The van der Waals surface area contributed by atoms with Crippen molar-refractivity contribution in [3.05, 3.63) is 0 Å². The van der Waals surface area contributed by atoms with Crippen molar-refractivity contribution in [2.45, 2.75) is 59.4 Å². The Labute approximate surface area is 132 Å². The monoisotopic (exact) mass is 378 g/mol. The van der Waals surface area contributed by atoms with Gasteiger partial charge in [-0.2, -0.15) is 0 Å². The molecule has 0 saturated carbocycles. The largest absolute Gasteiger partial charge is 0.461 e. The van der Waals surface area contributed by atoms with E-state index < -0.39 is 9.04 Å². The Kier molecular flexibility index (Phi) is 43.3. The van der Waals surface area contributed by atoms with Crippen molar-refractivity contribution in [1.82, 2.24) is 0 Å². The normalized spacial score (nSPS) is 9.00. The summed E-state index contributed by atoms with van der Waals surface area (Å²) >= 11 is 0. The zero-order valence-electron chi connectivity index (χ0n) is 9.97. The van der Waals surface area contributed by atoms with Crippen LogP contribution in [0.15, 0.2) is 0 Å². The molecular weight excluding hydrogens is 349 g/mol. The fraction of sp³-hybridized carbons (Fsp3) is 1.00. The van der Waals surface area contributed by atoms with E-state index in [0.717, 1.165) is 0 Å². The number of hydrogen-bond acceptors (Lipinski definition) is 1. The molecule has 2 radical (unpaired) electrons. The number of unbranched alkanes of at least 4 members (excludes halogenated alkanes) is 1. The summed E-state index contributed by atoms with van der Waals surface area (Å²) in [5.74, 6) is 0. The molecule has 0 amide bonds. The van der Waals surface area contributed by atoms with E-state index in [9.17, 15) is 0 Å². The van der Waals surface area contributed by atoms with E-state index in [2.05, 4.69) is 33.5 Å². The van der Waals surface area contributed by atoms with Crippen molar-refractivity contribution in [3.63, 3.8) is 0 Å². The van der Waals surface area contributed by atoms with Crippen LogP contribution in [0.4, 0.5) is 0 Å². The zero-order chi connectivity index (χ0) is 9.82. The van der Waals surface area contributed by atoms with Crippen LogP contribution in [0.5, 0.6) is 0 Å². The molecule has 0 aliphatic heterocycles. The molecule has 0 aliphatic rings. The maximum absolute atomic E-state index is 5.54. The number of hydrogen-bond donors (Lipinski definition) is 0. The molecule has 0 fully saturated rings. The summed E-state index contributed by atoms with van der Waals surface area (Å²) in [6, 6.07) is 0. The summed E-state index contributed by atoms with van der Waals surface area (Å²) in [6.45, 7) is 11.2. The summed E-state index contributed by atoms with van der Waals surface area (Å²) in [6.07, 6.45) is 2.64. The van der Waals surface area contributed by atoms with Crippen molar-refractivity contribution in [2.24, 2.45) is 0 Å². The molecule has 0 atom stereocenters. The Morgan fingerprint density at radius 2 is 1.64 bits per heavy atom. The van der Waals surface area contributed by atoms with Crippen LogP contribution < -0.4 is 0 Å². The minimum absolute atomic E-state index is 0. The molecule has 5 heteroatoms. The first kappa shape index (κ1) is 25.0. The van der Waals surface area contributed by atoms with Gasteiger partial charge in [0.1, 0.15) is 0 Å². The Morgan fingerprint density at radius 1 is 1.21 bits per heavy atom. The molecule has 0 spiro atoms. The second kappa shape index (κ2) is 24.3. The Hall–Kier alpha value is 1.97. The summed E-state index contributed by atoms with van der Waals surface area (Å²) < 4.78 is 5.54. The van der Waals surface area contributed by atoms with Gasteiger partial charge in [-0.3, -0.25) is 0 Å². The van der Waals surface area contributed by atoms with E-state index in [1.807, 2.05) is 0 Å². The summed E-state index contributed by atoms with van der Waals surface area (Å²) in [5, 5.41) is 0. The molecule has 0 rings (SSSR count). The van der Waals surface area contributed by atoms with E-state index in [1.165, 1.54) is 18.5 Å². The van der Waals surface area contributed by atoms with Gasteiger partial charge in [0.25, 0.3) is 0 Å². The van der Waals surface area contributed by atoms with Crippen LogP contribution in [0, 0.1) is 41.3 Å². The predicted octanol–water partition coefficient (Wildman–Crippen LogP) is 2.37. The van der Waals surface area contributed by atoms with Gasteiger partial charge >= 0.3 is 0 Å². The van der Waals surface area contributed by atoms with Crippen molar-refractivity contribution >= 4 is 28.3 Å². The Bertz CT molecular complexity index is 73.1. The van der Waals surface area contributed by atoms with Crippen molar-refractivity contribution in [1.29, 1.82) is 0 Å². The summed E-state index contributed by atoms with van der Waals surface area (Å²) in [4.78, 5) is 0. The van der Waals surface area contributed by atoms with E-state index in [0.29, 0.717) is 19.3 Å². The molecule has 0 heterocycles. The maximum atomic E-state index is 5.54. The zero-order valence-corrected chi connectivity index (χ0v) is 17.4. The van der Waals surface area contributed by atoms with Crippen molar-refractivity contribution in [3.8, 4) is 0 Å². The minimum Gasteiger partial charge on any atom is -0.461 e. The molecule has 0 unspecified atom stereocenters. The van der Waals surface area contributed by atoms with Gasteiger partial charge in [0.15, 0.2) is 18.8 Å². The Balaban J connectivity index is -0.0000000733. The van der Waals surface area contributed by atoms with Gasteiger partial charge in [-0.15, -0.1) is 0 Å². The third-order valence-electron chi connectivity index (χ3n) is 1.27. The molecule has 86 valence electrons. The smallest absolute Gasteiger partial charge is 0.174 e. The van der Waals surface area contributed by atoms with E-state index in [1.54, 1.807) is 0 Å². The van der Waals surface area contributed by atoms with Crippen LogP contribution in [0.3, 0.4) is 0 Å². The maximum Gasteiger partial charge on any atom is 0.174 e. The second-order valence-corrected chi connectivity index (χ2v) is 9.97. The summed E-state index contributed by atoms with van der Waals surface area (Å²) in [5.41, 5.74) is 1.45. The van der Waals surface area contributed by atoms with E-state index >= 15 is 0 Å². The standard InChI is InChI=1S/C4H15OSi3.C4H10.CH4.Pr/c1-6-4-7-5-8(2)3;1-3-4-2;;/h7-8H,4,6H2,1-3H3;3-4H2,1-2H3;1H4;. The predicted molar refractivity (Wildman–Crippen MR) is 73.6 cm³/mol. The molecule has 0 aliphatic carbocycles. The third kappa shape index (κ3) is 37.0. The molecule has 0 aromatic heterocycles. The molecule has 14 heavy (non-hydrogen) atoms. The van der Waals surface area contributed by atoms with Gasteiger partial charge in [-0.25, -0.2) is 0 Å². The van der Waals surface area contributed by atoms with Gasteiger partial charge < -0.3 is 4.12 Å². The van der Waals surface area contributed by atoms with Crippen molar-refractivity contribution in [2.75, 3.05) is 0 Å². The third-order valence-corrected chi connectivity index (χ3v) is 7.47. The second-order valence-electron chi connectivity index (χ2n) is 3.14. The van der Waals surface area contributed by atoms with Crippen molar-refractivity contribution < 1.29 is 45.4 Å². The van der Waals surface area contributed by atoms with Gasteiger partial charge in [0.05, 0.1) is 0 Å². The van der Waals surface area contributed by atoms with Crippen LogP contribution in [0.2, 0.25) is 25.3 Å². The molecule has 0 saturated heterocycles. The SMILES string of the molecule is C.CCCC.C[SiH2]C[SiH]O[SiH](C)C.[Pr]. The fourth-order valence-electron chi connectivity index (χ4n) is 0.378. The first-order valence-corrected chi connectivity index (χ1v) is 11.6. The molecule has 0 bridgehead atoms. The first-order valence-electron chi connectivity index (χ1n) is 5.16. The molecular formula is C9H29OPrSi3. The quantitative estimate of drug-likeness (QED) is 0.527. The van der Waals surface area contributed by atoms with E-state index in [-0.39, 0.29) is 48.7 Å². The van der Waals surface area contributed by atoms with Crippen LogP contribution in [0.1, 0.15) is 34.1 Å². The molecule has 0 aromatic carbocycles. The van der Waals surface area contributed by atoms with Gasteiger partial charge in [-0.05, 0) is 18.8 Å². The van der Waals surface area contributed by atoms with Gasteiger partial charge in [0.2, 0.25) is 0 Å². The molecule has 1 nitrogen and oxygen atoms in total. The Morgan fingerprint density at radius 3 is 1.86 bits per heavy atom. The number of rotatable bonds is 5.